The molecule has 0 radical (unpaired) electrons. The quantitative estimate of drug-likeness (QED) is 0.872. The summed E-state index contributed by atoms with van der Waals surface area (Å²) in [5.41, 5.74) is 8.25. The summed E-state index contributed by atoms with van der Waals surface area (Å²) in [7, 11) is 0. The van der Waals surface area contributed by atoms with E-state index < -0.39 is 0 Å². The van der Waals surface area contributed by atoms with E-state index >= 15 is 0 Å². The third kappa shape index (κ3) is 2.13. The first-order valence-corrected chi connectivity index (χ1v) is 6.74. The van der Waals surface area contributed by atoms with E-state index in [1.165, 1.54) is 32.1 Å². The lowest BCUT2D eigenvalue weighted by molar-refractivity contribution is 0.330. The van der Waals surface area contributed by atoms with Gasteiger partial charge in [-0.05, 0) is 18.4 Å². The number of benzene rings is 1. The molecular formula is C15H19N3. The Balaban J connectivity index is 1.91. The highest BCUT2D eigenvalue weighted by Gasteiger charge is 2.18. The molecule has 0 unspecified atom stereocenters. The SMILES string of the molecule is Nc1nn(C2CCCCC2)cc1-c1ccccc1. The van der Waals surface area contributed by atoms with Crippen LogP contribution in [0.25, 0.3) is 11.1 Å². The molecule has 18 heavy (non-hydrogen) atoms. The van der Waals surface area contributed by atoms with Crippen LogP contribution in [0.5, 0.6) is 0 Å². The van der Waals surface area contributed by atoms with Gasteiger partial charge < -0.3 is 5.73 Å². The zero-order valence-electron chi connectivity index (χ0n) is 10.5. The smallest absolute Gasteiger partial charge is 0.153 e. The Kier molecular flexibility index (Phi) is 3.05. The van der Waals surface area contributed by atoms with Crippen LogP contribution in [0.2, 0.25) is 0 Å². The lowest BCUT2D eigenvalue weighted by Gasteiger charge is -2.21. The standard InChI is InChI=1S/C15H19N3/c16-15-14(12-7-3-1-4-8-12)11-18(17-15)13-9-5-2-6-10-13/h1,3-4,7-8,11,13H,2,5-6,9-10H2,(H2,16,17). The van der Waals surface area contributed by atoms with Crippen LogP contribution in [0.3, 0.4) is 0 Å². The fourth-order valence-electron chi connectivity index (χ4n) is 2.78. The first-order chi connectivity index (χ1) is 8.84. The second-order valence-electron chi connectivity index (χ2n) is 5.07. The van der Waals surface area contributed by atoms with Gasteiger partial charge in [-0.25, -0.2) is 0 Å². The van der Waals surface area contributed by atoms with E-state index in [4.69, 9.17) is 5.73 Å². The first kappa shape index (κ1) is 11.3. The molecule has 94 valence electrons. The number of aromatic nitrogens is 2. The van der Waals surface area contributed by atoms with E-state index in [1.807, 2.05) is 18.2 Å². The van der Waals surface area contributed by atoms with Gasteiger partial charge in [0.15, 0.2) is 5.82 Å². The number of nitrogens with two attached hydrogens (primary N) is 1. The van der Waals surface area contributed by atoms with Crippen LogP contribution in [0.4, 0.5) is 5.82 Å². The average Bonchev–Trinajstić information content (AvgIpc) is 2.83. The van der Waals surface area contributed by atoms with Crippen LogP contribution in [-0.2, 0) is 0 Å². The normalized spacial score (nSPS) is 16.9. The molecule has 0 aliphatic heterocycles. The van der Waals surface area contributed by atoms with Gasteiger partial charge in [-0.2, -0.15) is 5.10 Å². The van der Waals surface area contributed by atoms with Crippen LogP contribution in [-0.4, -0.2) is 9.78 Å². The van der Waals surface area contributed by atoms with E-state index in [0.29, 0.717) is 11.9 Å². The molecule has 3 heteroatoms. The highest BCUT2D eigenvalue weighted by molar-refractivity contribution is 5.72. The molecule has 1 fully saturated rings. The van der Waals surface area contributed by atoms with E-state index in [2.05, 4.69) is 28.1 Å². The van der Waals surface area contributed by atoms with Gasteiger partial charge in [0, 0.05) is 11.8 Å². The Bertz CT molecular complexity index is 510. The highest BCUT2D eigenvalue weighted by atomic mass is 15.3. The lowest BCUT2D eigenvalue weighted by atomic mass is 9.96. The molecule has 1 aliphatic rings. The van der Waals surface area contributed by atoms with E-state index in [9.17, 15) is 0 Å². The number of nitrogen functional groups attached to an aromatic ring is 1. The van der Waals surface area contributed by atoms with Gasteiger partial charge in [0.2, 0.25) is 0 Å². The molecule has 0 bridgehead atoms. The third-order valence-electron chi connectivity index (χ3n) is 3.79. The largest absolute Gasteiger partial charge is 0.382 e. The maximum atomic E-state index is 6.05. The van der Waals surface area contributed by atoms with Gasteiger partial charge >= 0.3 is 0 Å². The molecule has 1 saturated carbocycles. The fraction of sp³-hybridized carbons (Fsp3) is 0.400. The molecule has 1 heterocycles. The van der Waals surface area contributed by atoms with Crippen molar-refractivity contribution >= 4 is 5.82 Å². The van der Waals surface area contributed by atoms with Crippen LogP contribution in [0, 0.1) is 0 Å². The van der Waals surface area contributed by atoms with Crippen molar-refractivity contribution in [1.82, 2.24) is 9.78 Å². The summed E-state index contributed by atoms with van der Waals surface area (Å²) in [6.07, 6.45) is 8.56. The minimum atomic E-state index is 0.540. The zero-order chi connectivity index (χ0) is 12.4. The Hall–Kier alpha value is -1.77. The predicted molar refractivity (Wildman–Crippen MR) is 74.2 cm³/mol. The molecule has 3 rings (SSSR count). The number of hydrogen-bond donors (Lipinski definition) is 1. The summed E-state index contributed by atoms with van der Waals surface area (Å²) >= 11 is 0. The van der Waals surface area contributed by atoms with Crippen molar-refractivity contribution in [2.45, 2.75) is 38.1 Å². The summed E-state index contributed by atoms with van der Waals surface area (Å²) in [4.78, 5) is 0. The molecule has 0 atom stereocenters. The van der Waals surface area contributed by atoms with E-state index in [-0.39, 0.29) is 0 Å². The van der Waals surface area contributed by atoms with Crippen LogP contribution in [0.15, 0.2) is 36.5 Å². The van der Waals surface area contributed by atoms with Crippen molar-refractivity contribution < 1.29 is 0 Å². The van der Waals surface area contributed by atoms with Crippen LogP contribution >= 0.6 is 0 Å². The number of hydrogen-bond acceptors (Lipinski definition) is 2. The minimum Gasteiger partial charge on any atom is -0.382 e. The molecule has 0 saturated heterocycles. The second-order valence-corrected chi connectivity index (χ2v) is 5.07. The molecule has 3 nitrogen and oxygen atoms in total. The van der Waals surface area contributed by atoms with Crippen molar-refractivity contribution in [2.24, 2.45) is 0 Å². The average molecular weight is 241 g/mol. The van der Waals surface area contributed by atoms with Crippen molar-refractivity contribution in [3.05, 3.63) is 36.5 Å². The number of rotatable bonds is 2. The van der Waals surface area contributed by atoms with Gasteiger partial charge in [0.05, 0.1) is 6.04 Å². The van der Waals surface area contributed by atoms with Crippen molar-refractivity contribution in [3.8, 4) is 11.1 Å². The number of nitrogens with zero attached hydrogens (tertiary/aromatic N) is 2. The molecule has 1 aromatic carbocycles. The van der Waals surface area contributed by atoms with Crippen molar-refractivity contribution in [1.29, 1.82) is 0 Å². The lowest BCUT2D eigenvalue weighted by Crippen LogP contribution is -2.13. The maximum Gasteiger partial charge on any atom is 0.153 e. The summed E-state index contributed by atoms with van der Waals surface area (Å²) < 4.78 is 2.08. The summed E-state index contributed by atoms with van der Waals surface area (Å²) in [6.45, 7) is 0. The fourth-order valence-corrected chi connectivity index (χ4v) is 2.78. The van der Waals surface area contributed by atoms with Gasteiger partial charge in [-0.3, -0.25) is 4.68 Å². The molecule has 0 spiro atoms. The third-order valence-corrected chi connectivity index (χ3v) is 3.79. The van der Waals surface area contributed by atoms with Gasteiger partial charge in [0.25, 0.3) is 0 Å². The summed E-state index contributed by atoms with van der Waals surface area (Å²) in [6, 6.07) is 10.8. The minimum absolute atomic E-state index is 0.540. The van der Waals surface area contributed by atoms with Crippen LogP contribution < -0.4 is 5.73 Å². The topological polar surface area (TPSA) is 43.8 Å². The van der Waals surface area contributed by atoms with Gasteiger partial charge in [-0.15, -0.1) is 0 Å². The van der Waals surface area contributed by atoms with E-state index in [1.54, 1.807) is 0 Å². The van der Waals surface area contributed by atoms with Gasteiger partial charge in [0.1, 0.15) is 0 Å². The zero-order valence-corrected chi connectivity index (χ0v) is 10.5. The Morgan fingerprint density at radius 2 is 1.78 bits per heavy atom. The molecule has 2 aromatic rings. The summed E-state index contributed by atoms with van der Waals surface area (Å²) in [5.74, 6) is 0.645. The van der Waals surface area contributed by atoms with E-state index in [0.717, 1.165) is 11.1 Å². The molecule has 1 aromatic heterocycles. The van der Waals surface area contributed by atoms with Gasteiger partial charge in [-0.1, -0.05) is 49.6 Å². The maximum absolute atomic E-state index is 6.05. The predicted octanol–water partition coefficient (Wildman–Crippen LogP) is 3.64. The van der Waals surface area contributed by atoms with Crippen LogP contribution in [0.1, 0.15) is 38.1 Å². The molecule has 0 amide bonds. The monoisotopic (exact) mass is 241 g/mol. The Morgan fingerprint density at radius 3 is 2.50 bits per heavy atom. The first-order valence-electron chi connectivity index (χ1n) is 6.74. The second kappa shape index (κ2) is 4.84. The molecule has 2 N–H and O–H groups in total. The van der Waals surface area contributed by atoms with Crippen molar-refractivity contribution in [2.75, 3.05) is 5.73 Å². The molecular weight excluding hydrogens is 222 g/mol. The Morgan fingerprint density at radius 1 is 1.06 bits per heavy atom. The molecule has 1 aliphatic carbocycles. The summed E-state index contributed by atoms with van der Waals surface area (Å²) in [5, 5.41) is 4.51. The Labute approximate surface area is 108 Å². The van der Waals surface area contributed by atoms with Crippen molar-refractivity contribution in [3.63, 3.8) is 0 Å². The highest BCUT2D eigenvalue weighted by Crippen LogP contribution is 2.31. The number of anilines is 1.